The molecule has 0 radical (unpaired) electrons. The fraction of sp³-hybridized carbons (Fsp3) is 0.714. The van der Waals surface area contributed by atoms with Crippen LogP contribution in [0.25, 0.3) is 0 Å². The van der Waals surface area contributed by atoms with Crippen LogP contribution in [-0.4, -0.2) is 49.2 Å². The minimum Gasteiger partial charge on any atom is -0.385 e. The zero-order valence-electron chi connectivity index (χ0n) is 16.2. The maximum Gasteiger partial charge on any atom is 0.0368 e. The molecule has 3 rings (SSSR count). The van der Waals surface area contributed by atoms with Crippen LogP contribution in [0.5, 0.6) is 0 Å². The molecule has 1 aromatic carbocycles. The Kier molecular flexibility index (Phi) is 6.24. The second-order valence-corrected chi connectivity index (χ2v) is 8.14. The summed E-state index contributed by atoms with van der Waals surface area (Å²) in [5.41, 5.74) is 8.59. The molecule has 1 heterocycles. The van der Waals surface area contributed by atoms with Crippen LogP contribution < -0.4 is 16.0 Å². The molecule has 1 aromatic rings. The van der Waals surface area contributed by atoms with Crippen LogP contribution in [0.15, 0.2) is 24.3 Å². The van der Waals surface area contributed by atoms with Crippen LogP contribution >= 0.6 is 0 Å². The summed E-state index contributed by atoms with van der Waals surface area (Å²) in [7, 11) is 0. The van der Waals surface area contributed by atoms with Gasteiger partial charge in [-0.3, -0.25) is 4.90 Å². The average Bonchev–Trinajstić information content (AvgIpc) is 2.61. The molecule has 140 valence electrons. The molecule has 0 spiro atoms. The highest BCUT2D eigenvalue weighted by atomic mass is 15.3. The van der Waals surface area contributed by atoms with Crippen molar-refractivity contribution in [3.63, 3.8) is 0 Å². The molecule has 0 amide bonds. The zero-order valence-corrected chi connectivity index (χ0v) is 16.2. The molecular formula is C21H36N4. The highest BCUT2D eigenvalue weighted by Gasteiger charge is 2.28. The minimum absolute atomic E-state index is 0.438. The topological polar surface area (TPSA) is 44.5 Å². The van der Waals surface area contributed by atoms with Gasteiger partial charge >= 0.3 is 0 Å². The third-order valence-corrected chi connectivity index (χ3v) is 6.19. The van der Waals surface area contributed by atoms with Crippen molar-refractivity contribution in [1.82, 2.24) is 4.90 Å². The number of likely N-dealkylation sites (N-methyl/N-ethyl adjacent to an activating group) is 1. The SMILES string of the molecule is CCN1[C@H](C)CN(c2ccc(NCC3CCC(N)CC3)cc2)C[C@H]1C. The van der Waals surface area contributed by atoms with E-state index in [9.17, 15) is 0 Å². The van der Waals surface area contributed by atoms with Crippen LogP contribution in [0.1, 0.15) is 46.5 Å². The number of piperazine rings is 1. The largest absolute Gasteiger partial charge is 0.385 e. The van der Waals surface area contributed by atoms with Gasteiger partial charge in [0.2, 0.25) is 0 Å². The number of anilines is 2. The first-order chi connectivity index (χ1) is 12.1. The average molecular weight is 345 g/mol. The molecule has 1 saturated carbocycles. The Morgan fingerprint density at radius 1 is 1.00 bits per heavy atom. The van der Waals surface area contributed by atoms with E-state index in [-0.39, 0.29) is 0 Å². The maximum atomic E-state index is 6.00. The van der Waals surface area contributed by atoms with Crippen molar-refractivity contribution < 1.29 is 0 Å². The van der Waals surface area contributed by atoms with Gasteiger partial charge in [-0.05, 0) is 76.3 Å². The number of nitrogens with zero attached hydrogens (tertiary/aromatic N) is 2. The summed E-state index contributed by atoms with van der Waals surface area (Å²) < 4.78 is 0. The van der Waals surface area contributed by atoms with E-state index in [1.54, 1.807) is 0 Å². The molecule has 1 aliphatic heterocycles. The van der Waals surface area contributed by atoms with E-state index in [2.05, 4.69) is 60.2 Å². The second-order valence-electron chi connectivity index (χ2n) is 8.14. The minimum atomic E-state index is 0.438. The van der Waals surface area contributed by atoms with Crippen molar-refractivity contribution in [3.05, 3.63) is 24.3 Å². The molecule has 2 atom stereocenters. The van der Waals surface area contributed by atoms with Gasteiger partial charge in [-0.2, -0.15) is 0 Å². The predicted octanol–water partition coefficient (Wildman–Crippen LogP) is 3.53. The van der Waals surface area contributed by atoms with Gasteiger partial charge in [0.1, 0.15) is 0 Å². The number of benzene rings is 1. The molecule has 3 N–H and O–H groups in total. The first kappa shape index (κ1) is 18.5. The zero-order chi connectivity index (χ0) is 17.8. The van der Waals surface area contributed by atoms with Crippen molar-refractivity contribution in [1.29, 1.82) is 0 Å². The second kappa shape index (κ2) is 8.41. The third kappa shape index (κ3) is 4.68. The summed E-state index contributed by atoms with van der Waals surface area (Å²) in [6.07, 6.45) is 4.91. The third-order valence-electron chi connectivity index (χ3n) is 6.19. The number of hydrogen-bond donors (Lipinski definition) is 2. The smallest absolute Gasteiger partial charge is 0.0368 e. The van der Waals surface area contributed by atoms with Crippen LogP contribution in [-0.2, 0) is 0 Å². The van der Waals surface area contributed by atoms with E-state index >= 15 is 0 Å². The van der Waals surface area contributed by atoms with Crippen molar-refractivity contribution in [3.8, 4) is 0 Å². The monoisotopic (exact) mass is 344 g/mol. The van der Waals surface area contributed by atoms with Crippen LogP contribution in [0.4, 0.5) is 11.4 Å². The Morgan fingerprint density at radius 2 is 1.60 bits per heavy atom. The lowest BCUT2D eigenvalue weighted by atomic mass is 9.86. The van der Waals surface area contributed by atoms with Gasteiger partial charge in [0.15, 0.2) is 0 Å². The molecule has 1 aliphatic carbocycles. The highest BCUT2D eigenvalue weighted by molar-refractivity contribution is 5.55. The van der Waals surface area contributed by atoms with Crippen molar-refractivity contribution in [2.75, 3.05) is 36.4 Å². The van der Waals surface area contributed by atoms with E-state index in [4.69, 9.17) is 5.73 Å². The molecule has 0 unspecified atom stereocenters. The summed E-state index contributed by atoms with van der Waals surface area (Å²) in [6.45, 7) is 11.4. The van der Waals surface area contributed by atoms with Gasteiger partial charge in [-0.25, -0.2) is 0 Å². The molecule has 2 aliphatic rings. The van der Waals surface area contributed by atoms with Gasteiger partial charge in [-0.1, -0.05) is 6.92 Å². The molecule has 0 bridgehead atoms. The number of nitrogens with two attached hydrogens (primary N) is 1. The first-order valence-corrected chi connectivity index (χ1v) is 10.2. The van der Waals surface area contributed by atoms with Crippen LogP contribution in [0.3, 0.4) is 0 Å². The number of nitrogens with one attached hydrogen (secondary N) is 1. The summed E-state index contributed by atoms with van der Waals surface area (Å²) in [5, 5.41) is 3.63. The van der Waals surface area contributed by atoms with Crippen molar-refractivity contribution in [2.24, 2.45) is 11.7 Å². The lowest BCUT2D eigenvalue weighted by Gasteiger charge is -2.45. The molecule has 4 nitrogen and oxygen atoms in total. The Hall–Kier alpha value is -1.26. The number of hydrogen-bond acceptors (Lipinski definition) is 4. The van der Waals surface area contributed by atoms with E-state index in [1.807, 2.05) is 0 Å². The van der Waals surface area contributed by atoms with E-state index in [0.717, 1.165) is 32.1 Å². The normalized spacial score (nSPS) is 31.1. The molecule has 1 saturated heterocycles. The molecule has 25 heavy (non-hydrogen) atoms. The Balaban J connectivity index is 1.52. The van der Waals surface area contributed by atoms with E-state index < -0.39 is 0 Å². The molecule has 4 heteroatoms. The van der Waals surface area contributed by atoms with Crippen LogP contribution in [0.2, 0.25) is 0 Å². The molecule has 0 aromatic heterocycles. The standard InChI is InChI=1S/C21H36N4/c1-4-25-16(2)14-24(15-17(25)3)21-11-9-20(10-12-21)23-13-18-5-7-19(22)8-6-18/h9-12,16-19,23H,4-8,13-15,22H2,1-3H3/t16-,17-,18?,19?/m1/s1. The maximum absolute atomic E-state index is 6.00. The van der Waals surface area contributed by atoms with Gasteiger partial charge in [0, 0.05) is 49.1 Å². The van der Waals surface area contributed by atoms with Gasteiger partial charge in [-0.15, -0.1) is 0 Å². The summed E-state index contributed by atoms with van der Waals surface area (Å²) in [5.74, 6) is 0.781. The van der Waals surface area contributed by atoms with Crippen molar-refractivity contribution >= 4 is 11.4 Å². The Morgan fingerprint density at radius 3 is 2.16 bits per heavy atom. The van der Waals surface area contributed by atoms with Gasteiger partial charge in [0.05, 0.1) is 0 Å². The molecular weight excluding hydrogens is 308 g/mol. The van der Waals surface area contributed by atoms with Crippen molar-refractivity contribution in [2.45, 2.75) is 64.6 Å². The fourth-order valence-electron chi connectivity index (χ4n) is 4.64. The van der Waals surface area contributed by atoms with E-state index in [1.165, 1.54) is 37.1 Å². The first-order valence-electron chi connectivity index (χ1n) is 10.2. The predicted molar refractivity (Wildman–Crippen MR) is 108 cm³/mol. The van der Waals surface area contributed by atoms with E-state index in [0.29, 0.717) is 18.1 Å². The fourth-order valence-corrected chi connectivity index (χ4v) is 4.64. The number of rotatable bonds is 5. The van der Waals surface area contributed by atoms with Crippen LogP contribution in [0, 0.1) is 5.92 Å². The summed E-state index contributed by atoms with van der Waals surface area (Å²) in [6, 6.07) is 10.7. The summed E-state index contributed by atoms with van der Waals surface area (Å²) in [4.78, 5) is 5.14. The molecule has 2 fully saturated rings. The summed E-state index contributed by atoms with van der Waals surface area (Å²) >= 11 is 0. The Bertz CT molecular complexity index is 509. The van der Waals surface area contributed by atoms with Gasteiger partial charge in [0.25, 0.3) is 0 Å². The lowest BCUT2D eigenvalue weighted by Crippen LogP contribution is -2.56. The highest BCUT2D eigenvalue weighted by Crippen LogP contribution is 2.26. The Labute approximate surface area is 153 Å². The lowest BCUT2D eigenvalue weighted by molar-refractivity contribution is 0.140. The van der Waals surface area contributed by atoms with Gasteiger partial charge < -0.3 is 16.0 Å². The quantitative estimate of drug-likeness (QED) is 0.858.